The number of ether oxygens (including phenoxy) is 1. The Labute approximate surface area is 92.8 Å². The van der Waals surface area contributed by atoms with Crippen LogP contribution < -0.4 is 0 Å². The molecule has 15 heavy (non-hydrogen) atoms. The minimum Gasteiger partial charge on any atom is -0.381 e. The van der Waals surface area contributed by atoms with Gasteiger partial charge in [0.1, 0.15) is 5.78 Å². The van der Waals surface area contributed by atoms with E-state index >= 15 is 0 Å². The van der Waals surface area contributed by atoms with Gasteiger partial charge in [-0.15, -0.1) is 0 Å². The van der Waals surface area contributed by atoms with Crippen molar-refractivity contribution in [3.05, 3.63) is 0 Å². The fourth-order valence-corrected chi connectivity index (χ4v) is 1.91. The van der Waals surface area contributed by atoms with E-state index in [4.69, 9.17) is 4.74 Å². The van der Waals surface area contributed by atoms with Gasteiger partial charge in [0, 0.05) is 26.1 Å². The van der Waals surface area contributed by atoms with Crippen LogP contribution in [0.3, 0.4) is 0 Å². The molecule has 1 atom stereocenters. The van der Waals surface area contributed by atoms with E-state index in [0.717, 1.165) is 32.4 Å². The van der Waals surface area contributed by atoms with E-state index in [1.54, 1.807) is 7.11 Å². The van der Waals surface area contributed by atoms with Crippen LogP contribution in [0.25, 0.3) is 0 Å². The van der Waals surface area contributed by atoms with Gasteiger partial charge in [-0.2, -0.15) is 0 Å². The molecule has 1 aliphatic rings. The molecule has 0 aromatic rings. The zero-order chi connectivity index (χ0) is 11.3. The Morgan fingerprint density at radius 3 is 2.53 bits per heavy atom. The molecule has 0 aliphatic carbocycles. The van der Waals surface area contributed by atoms with Gasteiger partial charge in [0.15, 0.2) is 0 Å². The summed E-state index contributed by atoms with van der Waals surface area (Å²) in [7, 11) is 1.77. The molecule has 1 unspecified atom stereocenters. The summed E-state index contributed by atoms with van der Waals surface area (Å²) in [5.74, 6) is 0.596. The highest BCUT2D eigenvalue weighted by Gasteiger charge is 2.21. The third-order valence-corrected chi connectivity index (χ3v) is 3.41. The molecule has 1 aliphatic heterocycles. The molecular weight excluding hydrogens is 190 g/mol. The molecule has 3 heteroatoms. The van der Waals surface area contributed by atoms with Crippen molar-refractivity contribution in [2.75, 3.05) is 26.7 Å². The van der Waals surface area contributed by atoms with Crippen LogP contribution in [0.1, 0.15) is 33.1 Å². The highest BCUT2D eigenvalue weighted by atomic mass is 16.5. The standard InChI is InChI=1S/C12H23NO2/c1-4-10(2)12(14)9-13-7-5-11(15-3)6-8-13/h10-11H,4-9H2,1-3H3. The Bertz CT molecular complexity index is 198. The van der Waals surface area contributed by atoms with Gasteiger partial charge < -0.3 is 4.74 Å². The molecular formula is C12H23NO2. The zero-order valence-electron chi connectivity index (χ0n) is 10.2. The molecule has 1 heterocycles. The Kier molecular flexibility index (Phi) is 5.26. The van der Waals surface area contributed by atoms with Crippen molar-refractivity contribution in [3.63, 3.8) is 0 Å². The van der Waals surface area contributed by atoms with Crippen molar-refractivity contribution in [2.24, 2.45) is 5.92 Å². The summed E-state index contributed by atoms with van der Waals surface area (Å²) in [4.78, 5) is 14.0. The number of ketones is 1. The Balaban J connectivity index is 2.26. The summed E-state index contributed by atoms with van der Waals surface area (Å²) in [6.45, 7) is 6.72. The summed E-state index contributed by atoms with van der Waals surface area (Å²) in [5, 5.41) is 0. The second-order valence-corrected chi connectivity index (χ2v) is 4.49. The molecule has 0 saturated carbocycles. The highest BCUT2D eigenvalue weighted by Crippen LogP contribution is 2.13. The molecule has 0 bridgehead atoms. The van der Waals surface area contributed by atoms with Crippen molar-refractivity contribution >= 4 is 5.78 Å². The second kappa shape index (κ2) is 6.23. The van der Waals surface area contributed by atoms with E-state index in [2.05, 4.69) is 11.8 Å². The summed E-state index contributed by atoms with van der Waals surface area (Å²) < 4.78 is 5.30. The molecule has 88 valence electrons. The van der Waals surface area contributed by atoms with Gasteiger partial charge >= 0.3 is 0 Å². The lowest BCUT2D eigenvalue weighted by Crippen LogP contribution is -2.40. The third-order valence-electron chi connectivity index (χ3n) is 3.41. The molecule has 0 radical (unpaired) electrons. The first-order valence-electron chi connectivity index (χ1n) is 5.95. The van der Waals surface area contributed by atoms with E-state index in [-0.39, 0.29) is 5.92 Å². The molecule has 3 nitrogen and oxygen atoms in total. The average molecular weight is 213 g/mol. The van der Waals surface area contributed by atoms with Crippen molar-refractivity contribution in [1.82, 2.24) is 4.90 Å². The number of methoxy groups -OCH3 is 1. The van der Waals surface area contributed by atoms with E-state index in [1.807, 2.05) is 6.92 Å². The van der Waals surface area contributed by atoms with Crippen LogP contribution >= 0.6 is 0 Å². The molecule has 0 spiro atoms. The Morgan fingerprint density at radius 2 is 2.07 bits per heavy atom. The lowest BCUT2D eigenvalue weighted by Gasteiger charge is -2.31. The van der Waals surface area contributed by atoms with Crippen molar-refractivity contribution < 1.29 is 9.53 Å². The van der Waals surface area contributed by atoms with Gasteiger partial charge in [0.2, 0.25) is 0 Å². The van der Waals surface area contributed by atoms with E-state index < -0.39 is 0 Å². The number of rotatable bonds is 5. The molecule has 0 aromatic carbocycles. The topological polar surface area (TPSA) is 29.5 Å². The maximum Gasteiger partial charge on any atom is 0.149 e. The minimum atomic E-state index is 0.213. The fourth-order valence-electron chi connectivity index (χ4n) is 1.91. The second-order valence-electron chi connectivity index (χ2n) is 4.49. The third kappa shape index (κ3) is 3.92. The number of carbonyl (C=O) groups excluding carboxylic acids is 1. The first kappa shape index (κ1) is 12.7. The monoisotopic (exact) mass is 213 g/mol. The maximum atomic E-state index is 11.7. The van der Waals surface area contributed by atoms with Crippen molar-refractivity contribution in [2.45, 2.75) is 39.2 Å². The molecule has 0 amide bonds. The summed E-state index contributed by atoms with van der Waals surface area (Å²) in [6.07, 6.45) is 3.47. The van der Waals surface area contributed by atoms with Crippen LogP contribution in [0.2, 0.25) is 0 Å². The van der Waals surface area contributed by atoms with Crippen LogP contribution in [-0.2, 0) is 9.53 Å². The van der Waals surface area contributed by atoms with Gasteiger partial charge in [-0.1, -0.05) is 13.8 Å². The molecule has 1 saturated heterocycles. The predicted octanol–water partition coefficient (Wildman–Crippen LogP) is 1.71. The number of likely N-dealkylation sites (tertiary alicyclic amines) is 1. The smallest absolute Gasteiger partial charge is 0.149 e. The first-order chi connectivity index (χ1) is 7.17. The van der Waals surface area contributed by atoms with Gasteiger partial charge in [0.25, 0.3) is 0 Å². The summed E-state index contributed by atoms with van der Waals surface area (Å²) in [5.41, 5.74) is 0. The number of nitrogens with zero attached hydrogens (tertiary/aromatic N) is 1. The van der Waals surface area contributed by atoms with Crippen LogP contribution in [-0.4, -0.2) is 43.5 Å². The van der Waals surface area contributed by atoms with Gasteiger partial charge in [-0.25, -0.2) is 0 Å². The summed E-state index contributed by atoms with van der Waals surface area (Å²) >= 11 is 0. The average Bonchev–Trinajstić information content (AvgIpc) is 2.29. The quantitative estimate of drug-likeness (QED) is 0.696. The SMILES string of the molecule is CCC(C)C(=O)CN1CCC(OC)CC1. The van der Waals surface area contributed by atoms with Gasteiger partial charge in [-0.05, 0) is 19.3 Å². The predicted molar refractivity (Wildman–Crippen MR) is 60.9 cm³/mol. The molecule has 1 rings (SSSR count). The molecule has 0 N–H and O–H groups in total. The number of Topliss-reactive ketones (excluding diaryl/α,β-unsaturated/α-hetero) is 1. The largest absolute Gasteiger partial charge is 0.381 e. The minimum absolute atomic E-state index is 0.213. The normalized spacial score (nSPS) is 21.5. The van der Waals surface area contributed by atoms with Gasteiger partial charge in [0.05, 0.1) is 12.6 Å². The number of hydrogen-bond acceptors (Lipinski definition) is 3. The lowest BCUT2D eigenvalue weighted by molar-refractivity contribution is -0.124. The maximum absolute atomic E-state index is 11.7. The Morgan fingerprint density at radius 1 is 1.47 bits per heavy atom. The number of hydrogen-bond donors (Lipinski definition) is 0. The summed E-state index contributed by atoms with van der Waals surface area (Å²) in [6, 6.07) is 0. The van der Waals surface area contributed by atoms with Crippen LogP contribution in [0.15, 0.2) is 0 Å². The van der Waals surface area contributed by atoms with E-state index in [1.165, 1.54) is 0 Å². The fraction of sp³-hybridized carbons (Fsp3) is 0.917. The van der Waals surface area contributed by atoms with Gasteiger partial charge in [-0.3, -0.25) is 9.69 Å². The Hall–Kier alpha value is -0.410. The van der Waals surface area contributed by atoms with E-state index in [0.29, 0.717) is 18.4 Å². The first-order valence-corrected chi connectivity index (χ1v) is 5.95. The van der Waals surface area contributed by atoms with Crippen LogP contribution in [0, 0.1) is 5.92 Å². The van der Waals surface area contributed by atoms with Crippen LogP contribution in [0.4, 0.5) is 0 Å². The number of carbonyl (C=O) groups is 1. The van der Waals surface area contributed by atoms with E-state index in [9.17, 15) is 4.79 Å². The lowest BCUT2D eigenvalue weighted by atomic mass is 10.0. The van der Waals surface area contributed by atoms with Crippen molar-refractivity contribution in [1.29, 1.82) is 0 Å². The molecule has 0 aromatic heterocycles. The number of piperidine rings is 1. The molecule has 1 fully saturated rings. The zero-order valence-corrected chi connectivity index (χ0v) is 10.2. The highest BCUT2D eigenvalue weighted by molar-refractivity contribution is 5.82. The van der Waals surface area contributed by atoms with Crippen LogP contribution in [0.5, 0.6) is 0 Å². The van der Waals surface area contributed by atoms with Crippen molar-refractivity contribution in [3.8, 4) is 0 Å².